The first-order chi connectivity index (χ1) is 12.8. The van der Waals surface area contributed by atoms with Crippen molar-refractivity contribution in [3.8, 4) is 11.3 Å². The van der Waals surface area contributed by atoms with Crippen LogP contribution in [0.4, 0.5) is 19.6 Å². The molecule has 138 valence electrons. The summed E-state index contributed by atoms with van der Waals surface area (Å²) in [4.78, 5) is 38.0. The predicted molar refractivity (Wildman–Crippen MR) is 93.5 cm³/mol. The number of carbonyl (C=O) groups excluding carboxylic acids is 1. The number of nitro groups is 1. The van der Waals surface area contributed by atoms with Gasteiger partial charge in [0.25, 0.3) is 11.2 Å². The third-order valence-corrected chi connectivity index (χ3v) is 4.22. The Morgan fingerprint density at radius 3 is 2.74 bits per heavy atom. The topological polar surface area (TPSA) is 107 Å². The lowest BCUT2D eigenvalue weighted by molar-refractivity contribution is -0.385. The normalized spacial score (nSPS) is 10.6. The minimum atomic E-state index is -1.02. The van der Waals surface area contributed by atoms with E-state index < -0.39 is 34.6 Å². The molecule has 0 unspecified atom stereocenters. The van der Waals surface area contributed by atoms with Crippen molar-refractivity contribution in [3.05, 3.63) is 74.0 Å². The van der Waals surface area contributed by atoms with Crippen LogP contribution in [-0.2, 0) is 11.3 Å². The molecule has 11 heteroatoms. The van der Waals surface area contributed by atoms with Crippen LogP contribution in [-0.4, -0.2) is 20.4 Å². The lowest BCUT2D eigenvalue weighted by atomic mass is 10.2. The number of pyridine rings is 1. The molecular weight excluding hydrogens is 382 g/mol. The van der Waals surface area contributed by atoms with Gasteiger partial charge in [0.15, 0.2) is 16.8 Å². The summed E-state index contributed by atoms with van der Waals surface area (Å²) >= 11 is 1.05. The summed E-state index contributed by atoms with van der Waals surface area (Å²) in [5, 5.41) is 14.9. The summed E-state index contributed by atoms with van der Waals surface area (Å²) in [5.41, 5.74) is -0.225. The quantitative estimate of drug-likeness (QED) is 0.531. The van der Waals surface area contributed by atoms with Crippen molar-refractivity contribution in [2.45, 2.75) is 6.54 Å². The van der Waals surface area contributed by atoms with Crippen LogP contribution in [0.2, 0.25) is 0 Å². The SMILES string of the molecule is O=C(Cn1cc([N+](=O)[O-])ccc1=O)Nc1nc(-c2ccc(F)c(F)c2)cs1. The third kappa shape index (κ3) is 4.20. The molecule has 1 aromatic carbocycles. The summed E-state index contributed by atoms with van der Waals surface area (Å²) in [5.74, 6) is -2.62. The average molecular weight is 392 g/mol. The van der Waals surface area contributed by atoms with Gasteiger partial charge < -0.3 is 5.32 Å². The monoisotopic (exact) mass is 392 g/mol. The molecule has 3 aromatic rings. The lowest BCUT2D eigenvalue weighted by Crippen LogP contribution is -2.26. The largest absolute Gasteiger partial charge is 0.300 e. The first-order valence-electron chi connectivity index (χ1n) is 7.39. The fourth-order valence-electron chi connectivity index (χ4n) is 2.18. The van der Waals surface area contributed by atoms with Gasteiger partial charge in [0.2, 0.25) is 5.91 Å². The van der Waals surface area contributed by atoms with Gasteiger partial charge in [-0.25, -0.2) is 13.8 Å². The number of halogens is 2. The summed E-state index contributed by atoms with van der Waals surface area (Å²) in [6.45, 7) is -0.444. The molecule has 0 radical (unpaired) electrons. The van der Waals surface area contributed by atoms with E-state index in [0.29, 0.717) is 11.3 Å². The molecule has 27 heavy (non-hydrogen) atoms. The number of benzene rings is 1. The maximum Gasteiger partial charge on any atom is 0.285 e. The second kappa shape index (κ2) is 7.41. The molecule has 0 spiro atoms. The van der Waals surface area contributed by atoms with Gasteiger partial charge in [0.05, 0.1) is 16.8 Å². The summed E-state index contributed by atoms with van der Waals surface area (Å²) in [6.07, 6.45) is 0.969. The second-order valence-corrected chi connectivity index (χ2v) is 6.18. The van der Waals surface area contributed by atoms with E-state index in [-0.39, 0.29) is 10.8 Å². The van der Waals surface area contributed by atoms with Gasteiger partial charge in [-0.3, -0.25) is 24.3 Å². The van der Waals surface area contributed by atoms with Gasteiger partial charge in [-0.1, -0.05) is 0 Å². The van der Waals surface area contributed by atoms with Crippen LogP contribution in [0.3, 0.4) is 0 Å². The standard InChI is InChI=1S/C16H10F2N4O4S/c17-11-3-1-9(5-12(11)18)13-8-27-16(19-13)20-14(23)7-21-6-10(22(25)26)2-4-15(21)24/h1-6,8H,7H2,(H,19,20,23). The summed E-state index contributed by atoms with van der Waals surface area (Å²) in [6, 6.07) is 5.35. The van der Waals surface area contributed by atoms with Crippen molar-refractivity contribution in [2.24, 2.45) is 0 Å². The van der Waals surface area contributed by atoms with Crippen molar-refractivity contribution >= 4 is 28.1 Å². The number of nitrogens with zero attached hydrogens (tertiary/aromatic N) is 3. The Bertz CT molecular complexity index is 1100. The number of nitrogens with one attached hydrogen (secondary N) is 1. The van der Waals surface area contributed by atoms with Crippen LogP contribution in [0.5, 0.6) is 0 Å². The van der Waals surface area contributed by atoms with Gasteiger partial charge in [-0.2, -0.15) is 0 Å². The zero-order valence-corrected chi connectivity index (χ0v) is 14.2. The smallest absolute Gasteiger partial charge is 0.285 e. The first kappa shape index (κ1) is 18.3. The van der Waals surface area contributed by atoms with Gasteiger partial charge in [-0.05, 0) is 18.2 Å². The van der Waals surface area contributed by atoms with Gasteiger partial charge in [-0.15, -0.1) is 11.3 Å². The minimum Gasteiger partial charge on any atom is -0.300 e. The van der Waals surface area contributed by atoms with E-state index in [4.69, 9.17) is 0 Å². The van der Waals surface area contributed by atoms with Crippen LogP contribution in [0.15, 0.2) is 46.7 Å². The molecular formula is C16H10F2N4O4S. The zero-order chi connectivity index (χ0) is 19.6. The second-order valence-electron chi connectivity index (χ2n) is 5.33. The Kier molecular flexibility index (Phi) is 5.03. The number of anilines is 1. The average Bonchev–Trinajstić information content (AvgIpc) is 3.07. The molecule has 3 rings (SSSR count). The number of aromatic nitrogens is 2. The molecule has 0 bridgehead atoms. The van der Waals surface area contributed by atoms with Gasteiger partial charge in [0, 0.05) is 23.1 Å². The fourth-order valence-corrected chi connectivity index (χ4v) is 2.92. The van der Waals surface area contributed by atoms with E-state index in [1.54, 1.807) is 5.38 Å². The van der Waals surface area contributed by atoms with Gasteiger partial charge >= 0.3 is 0 Å². The number of thiazole rings is 1. The Morgan fingerprint density at radius 2 is 2.04 bits per heavy atom. The van der Waals surface area contributed by atoms with E-state index in [0.717, 1.165) is 46.4 Å². The van der Waals surface area contributed by atoms with Crippen molar-refractivity contribution in [1.29, 1.82) is 0 Å². The van der Waals surface area contributed by atoms with Gasteiger partial charge in [0.1, 0.15) is 6.54 Å². The zero-order valence-electron chi connectivity index (χ0n) is 13.4. The Labute approximate surface area is 153 Å². The minimum absolute atomic E-state index is 0.179. The molecule has 0 saturated heterocycles. The van der Waals surface area contributed by atoms with Crippen molar-refractivity contribution < 1.29 is 18.5 Å². The van der Waals surface area contributed by atoms with E-state index >= 15 is 0 Å². The molecule has 0 saturated carbocycles. The van der Waals surface area contributed by atoms with Crippen LogP contribution in [0.1, 0.15) is 0 Å². The number of carbonyl (C=O) groups is 1. The third-order valence-electron chi connectivity index (χ3n) is 3.46. The number of rotatable bonds is 5. The molecule has 8 nitrogen and oxygen atoms in total. The fraction of sp³-hybridized carbons (Fsp3) is 0.0625. The Morgan fingerprint density at radius 1 is 1.26 bits per heavy atom. The highest BCUT2D eigenvalue weighted by Crippen LogP contribution is 2.26. The van der Waals surface area contributed by atoms with Crippen molar-refractivity contribution in [3.63, 3.8) is 0 Å². The molecule has 0 atom stereocenters. The lowest BCUT2D eigenvalue weighted by Gasteiger charge is -2.05. The van der Waals surface area contributed by atoms with Crippen LogP contribution in [0, 0.1) is 21.7 Å². The Hall–Kier alpha value is -3.47. The highest BCUT2D eigenvalue weighted by molar-refractivity contribution is 7.14. The number of hydrogen-bond acceptors (Lipinski definition) is 6. The van der Waals surface area contributed by atoms with E-state index in [1.807, 2.05) is 0 Å². The van der Waals surface area contributed by atoms with E-state index in [1.165, 1.54) is 6.07 Å². The Balaban J connectivity index is 1.73. The maximum absolute atomic E-state index is 13.3. The highest BCUT2D eigenvalue weighted by atomic mass is 32.1. The molecule has 0 aliphatic heterocycles. The maximum atomic E-state index is 13.3. The van der Waals surface area contributed by atoms with E-state index in [2.05, 4.69) is 10.3 Å². The van der Waals surface area contributed by atoms with Crippen LogP contribution < -0.4 is 10.9 Å². The predicted octanol–water partition coefficient (Wildman–Crippen LogP) is 2.80. The van der Waals surface area contributed by atoms with Crippen molar-refractivity contribution in [2.75, 3.05) is 5.32 Å². The van der Waals surface area contributed by atoms with Crippen LogP contribution in [0.25, 0.3) is 11.3 Å². The highest BCUT2D eigenvalue weighted by Gasteiger charge is 2.13. The summed E-state index contributed by atoms with van der Waals surface area (Å²) in [7, 11) is 0. The van der Waals surface area contributed by atoms with Crippen molar-refractivity contribution in [1.82, 2.24) is 9.55 Å². The number of amides is 1. The van der Waals surface area contributed by atoms with Crippen LogP contribution >= 0.6 is 11.3 Å². The van der Waals surface area contributed by atoms with E-state index in [9.17, 15) is 28.5 Å². The molecule has 0 aliphatic carbocycles. The molecule has 2 aromatic heterocycles. The molecule has 0 fully saturated rings. The molecule has 2 heterocycles. The molecule has 1 amide bonds. The first-order valence-corrected chi connectivity index (χ1v) is 8.27. The molecule has 0 aliphatic rings. The number of hydrogen-bond donors (Lipinski definition) is 1. The molecule has 1 N–H and O–H groups in total. The summed E-state index contributed by atoms with van der Waals surface area (Å²) < 4.78 is 27.2.